The third kappa shape index (κ3) is 3.73. The van der Waals surface area contributed by atoms with E-state index in [-0.39, 0.29) is 0 Å². The highest BCUT2D eigenvalue weighted by atomic mass is 16.5. The zero-order valence-electron chi connectivity index (χ0n) is 14.2. The second kappa shape index (κ2) is 7.14. The van der Waals surface area contributed by atoms with Crippen molar-refractivity contribution in [2.75, 3.05) is 31.2 Å². The van der Waals surface area contributed by atoms with Gasteiger partial charge in [-0.05, 0) is 19.9 Å². The third-order valence-corrected chi connectivity index (χ3v) is 4.27. The lowest BCUT2D eigenvalue weighted by atomic mass is 10.2. The number of ether oxygens (including phenoxy) is 1. The predicted octanol–water partition coefficient (Wildman–Crippen LogP) is 0.940. The van der Waals surface area contributed by atoms with Gasteiger partial charge < -0.3 is 15.0 Å². The second-order valence-corrected chi connectivity index (χ2v) is 6.12. The first kappa shape index (κ1) is 16.0. The molecule has 0 radical (unpaired) electrons. The molecular weight excluding hydrogens is 292 g/mol. The van der Waals surface area contributed by atoms with Crippen molar-refractivity contribution in [3.63, 3.8) is 0 Å². The summed E-state index contributed by atoms with van der Waals surface area (Å²) in [6.07, 6.45) is 3.81. The van der Waals surface area contributed by atoms with E-state index in [2.05, 4.69) is 34.3 Å². The molecule has 1 atom stereocenters. The molecule has 1 N–H and O–H groups in total. The van der Waals surface area contributed by atoms with Crippen LogP contribution in [0.3, 0.4) is 0 Å². The lowest BCUT2D eigenvalue weighted by molar-refractivity contribution is 0.122. The van der Waals surface area contributed by atoms with Gasteiger partial charge in [-0.25, -0.2) is 0 Å². The molecule has 0 aliphatic carbocycles. The lowest BCUT2D eigenvalue weighted by Gasteiger charge is -2.29. The Kier molecular flexibility index (Phi) is 4.97. The van der Waals surface area contributed by atoms with Gasteiger partial charge in [0.1, 0.15) is 5.82 Å². The van der Waals surface area contributed by atoms with Crippen molar-refractivity contribution in [1.29, 1.82) is 0 Å². The Bertz CT molecular complexity index is 615. The van der Waals surface area contributed by atoms with Crippen LogP contribution in [0.4, 0.5) is 5.82 Å². The standard InChI is InChI=1S/C16H26N6O/c1-13(12-22-6-4-5-18-22)17-11-15-14(2)19-20(3)16(15)21-7-9-23-10-8-21/h4-6,13,17H,7-12H2,1-3H3/t13-/m1/s1. The summed E-state index contributed by atoms with van der Waals surface area (Å²) in [6, 6.07) is 2.29. The molecule has 1 aliphatic heterocycles. The van der Waals surface area contributed by atoms with Crippen LogP contribution in [0.1, 0.15) is 18.2 Å². The van der Waals surface area contributed by atoms with E-state index >= 15 is 0 Å². The molecular formula is C16H26N6O. The molecule has 0 bridgehead atoms. The van der Waals surface area contributed by atoms with Gasteiger partial charge in [-0.15, -0.1) is 0 Å². The Balaban J connectivity index is 1.67. The van der Waals surface area contributed by atoms with Crippen molar-refractivity contribution in [1.82, 2.24) is 24.9 Å². The number of nitrogens with one attached hydrogen (secondary N) is 1. The molecule has 0 unspecified atom stereocenters. The summed E-state index contributed by atoms with van der Waals surface area (Å²) < 4.78 is 9.42. The number of anilines is 1. The normalized spacial score (nSPS) is 16.7. The average molecular weight is 318 g/mol. The Morgan fingerprint density at radius 1 is 1.35 bits per heavy atom. The van der Waals surface area contributed by atoms with Crippen molar-refractivity contribution in [2.24, 2.45) is 7.05 Å². The molecule has 2 aromatic rings. The molecule has 1 saturated heterocycles. The van der Waals surface area contributed by atoms with E-state index in [4.69, 9.17) is 4.74 Å². The third-order valence-electron chi connectivity index (χ3n) is 4.27. The summed E-state index contributed by atoms with van der Waals surface area (Å²) in [7, 11) is 2.02. The number of aryl methyl sites for hydroxylation is 2. The molecule has 1 aliphatic rings. The van der Waals surface area contributed by atoms with Crippen molar-refractivity contribution in [3.8, 4) is 0 Å². The van der Waals surface area contributed by atoms with Crippen LogP contribution in [0, 0.1) is 6.92 Å². The van der Waals surface area contributed by atoms with Crippen LogP contribution < -0.4 is 10.2 Å². The van der Waals surface area contributed by atoms with E-state index in [9.17, 15) is 0 Å². The Morgan fingerprint density at radius 2 is 2.13 bits per heavy atom. The van der Waals surface area contributed by atoms with E-state index in [1.807, 2.05) is 34.9 Å². The fourth-order valence-electron chi connectivity index (χ4n) is 3.10. The SMILES string of the molecule is Cc1nn(C)c(N2CCOCC2)c1CN[C@H](C)Cn1cccn1. The summed E-state index contributed by atoms with van der Waals surface area (Å²) in [5.74, 6) is 1.21. The van der Waals surface area contributed by atoms with Crippen LogP contribution in [-0.2, 0) is 24.9 Å². The molecule has 3 heterocycles. The van der Waals surface area contributed by atoms with Gasteiger partial charge in [0.15, 0.2) is 0 Å². The van der Waals surface area contributed by atoms with E-state index in [1.165, 1.54) is 11.4 Å². The van der Waals surface area contributed by atoms with E-state index in [0.717, 1.165) is 45.1 Å². The predicted molar refractivity (Wildman–Crippen MR) is 89.5 cm³/mol. The number of hydrogen-bond donors (Lipinski definition) is 1. The first-order valence-corrected chi connectivity index (χ1v) is 8.21. The summed E-state index contributed by atoms with van der Waals surface area (Å²) in [5, 5.41) is 12.5. The first-order chi connectivity index (χ1) is 11.1. The van der Waals surface area contributed by atoms with Gasteiger partial charge >= 0.3 is 0 Å². The maximum atomic E-state index is 5.47. The fourth-order valence-corrected chi connectivity index (χ4v) is 3.10. The highest BCUT2D eigenvalue weighted by molar-refractivity contribution is 5.50. The number of hydrogen-bond acceptors (Lipinski definition) is 5. The van der Waals surface area contributed by atoms with Gasteiger partial charge in [0.25, 0.3) is 0 Å². The molecule has 0 aromatic carbocycles. The molecule has 0 spiro atoms. The van der Waals surface area contributed by atoms with Crippen molar-refractivity contribution in [3.05, 3.63) is 29.7 Å². The Labute approximate surface area is 137 Å². The smallest absolute Gasteiger partial charge is 0.131 e. The van der Waals surface area contributed by atoms with Crippen molar-refractivity contribution < 1.29 is 4.74 Å². The highest BCUT2D eigenvalue weighted by Crippen LogP contribution is 2.24. The maximum absolute atomic E-state index is 5.47. The summed E-state index contributed by atoms with van der Waals surface area (Å²) in [5.41, 5.74) is 2.37. The number of rotatable bonds is 6. The largest absolute Gasteiger partial charge is 0.378 e. The molecule has 0 amide bonds. The van der Waals surface area contributed by atoms with Gasteiger partial charge in [-0.2, -0.15) is 10.2 Å². The van der Waals surface area contributed by atoms with E-state index < -0.39 is 0 Å². The zero-order chi connectivity index (χ0) is 16.2. The Morgan fingerprint density at radius 3 is 2.83 bits per heavy atom. The maximum Gasteiger partial charge on any atom is 0.131 e. The van der Waals surface area contributed by atoms with Crippen LogP contribution in [-0.4, -0.2) is 51.9 Å². The van der Waals surface area contributed by atoms with Gasteiger partial charge in [0.05, 0.1) is 25.5 Å². The van der Waals surface area contributed by atoms with E-state index in [1.54, 1.807) is 0 Å². The minimum absolute atomic E-state index is 0.340. The molecule has 0 saturated carbocycles. The summed E-state index contributed by atoms with van der Waals surface area (Å²) in [6.45, 7) is 9.36. The number of morpholine rings is 1. The summed E-state index contributed by atoms with van der Waals surface area (Å²) >= 11 is 0. The molecule has 126 valence electrons. The lowest BCUT2D eigenvalue weighted by Crippen LogP contribution is -2.38. The highest BCUT2D eigenvalue weighted by Gasteiger charge is 2.21. The molecule has 3 rings (SSSR count). The summed E-state index contributed by atoms with van der Waals surface area (Å²) in [4.78, 5) is 2.37. The van der Waals surface area contributed by atoms with Gasteiger partial charge in [0, 0.05) is 50.7 Å². The topological polar surface area (TPSA) is 60.1 Å². The second-order valence-electron chi connectivity index (χ2n) is 6.12. The number of aromatic nitrogens is 4. The molecule has 7 nitrogen and oxygen atoms in total. The quantitative estimate of drug-likeness (QED) is 0.859. The van der Waals surface area contributed by atoms with Gasteiger partial charge in [-0.3, -0.25) is 9.36 Å². The van der Waals surface area contributed by atoms with Gasteiger partial charge in [-0.1, -0.05) is 0 Å². The van der Waals surface area contributed by atoms with E-state index in [0.29, 0.717) is 6.04 Å². The van der Waals surface area contributed by atoms with Gasteiger partial charge in [0.2, 0.25) is 0 Å². The molecule has 2 aromatic heterocycles. The number of nitrogens with zero attached hydrogens (tertiary/aromatic N) is 5. The van der Waals surface area contributed by atoms with Crippen LogP contribution in [0.15, 0.2) is 18.5 Å². The van der Waals surface area contributed by atoms with Crippen LogP contribution in [0.25, 0.3) is 0 Å². The van der Waals surface area contributed by atoms with Crippen molar-refractivity contribution >= 4 is 5.82 Å². The molecule has 1 fully saturated rings. The van der Waals surface area contributed by atoms with Crippen LogP contribution >= 0.6 is 0 Å². The molecule has 7 heteroatoms. The average Bonchev–Trinajstić information content (AvgIpc) is 3.13. The first-order valence-electron chi connectivity index (χ1n) is 8.21. The monoisotopic (exact) mass is 318 g/mol. The minimum atomic E-state index is 0.340. The minimum Gasteiger partial charge on any atom is -0.378 e. The zero-order valence-corrected chi connectivity index (χ0v) is 14.2. The van der Waals surface area contributed by atoms with Crippen LogP contribution in [0.2, 0.25) is 0 Å². The molecule has 23 heavy (non-hydrogen) atoms. The fraction of sp³-hybridized carbons (Fsp3) is 0.625. The Hall–Kier alpha value is -1.86. The van der Waals surface area contributed by atoms with Crippen molar-refractivity contribution in [2.45, 2.75) is 33.0 Å². The van der Waals surface area contributed by atoms with Crippen LogP contribution in [0.5, 0.6) is 0 Å².